The molecule has 0 heterocycles. The molecule has 0 N–H and O–H groups in total. The molecule has 0 bridgehead atoms. The Morgan fingerprint density at radius 3 is 2.25 bits per heavy atom. The van der Waals surface area contributed by atoms with Gasteiger partial charge in [-0.1, -0.05) is 54.1 Å². The van der Waals surface area contributed by atoms with Crippen molar-refractivity contribution in [1.29, 1.82) is 0 Å². The highest BCUT2D eigenvalue weighted by atomic mass is 35.5. The molecule has 0 amide bonds. The number of sulfonamides is 1. The van der Waals surface area contributed by atoms with E-state index in [4.69, 9.17) is 16.3 Å². The smallest absolute Gasteiger partial charge is 0.335 e. The van der Waals surface area contributed by atoms with Gasteiger partial charge in [0.15, 0.2) is 0 Å². The van der Waals surface area contributed by atoms with Crippen LogP contribution in [0.15, 0.2) is 78.2 Å². The number of hydrogen-bond acceptors (Lipinski definition) is 4. The van der Waals surface area contributed by atoms with Crippen LogP contribution >= 0.6 is 11.6 Å². The van der Waals surface area contributed by atoms with Crippen molar-refractivity contribution in [2.45, 2.75) is 17.9 Å². The fraction of sp³-hybridized carbons (Fsp3) is 0.190. The standard InChI is InChI=1S/C21H22ClNO4S/c1-5-14-23(28(25,26)19-12-6-15(2)7-13-19)20(16(3)21(24)27-4)17-8-10-18(22)11-9-17/h5-13,20H,1,3,14H2,2,4H3/t20-/m0/s1. The minimum absolute atomic E-state index is 0.0117. The van der Waals surface area contributed by atoms with E-state index in [9.17, 15) is 13.2 Å². The maximum atomic E-state index is 13.4. The molecule has 2 aromatic carbocycles. The monoisotopic (exact) mass is 419 g/mol. The summed E-state index contributed by atoms with van der Waals surface area (Å²) >= 11 is 5.97. The van der Waals surface area contributed by atoms with Gasteiger partial charge in [0.05, 0.1) is 23.6 Å². The molecule has 0 unspecified atom stereocenters. The molecule has 0 saturated heterocycles. The lowest BCUT2D eigenvalue weighted by molar-refractivity contribution is -0.136. The third-order valence-electron chi connectivity index (χ3n) is 4.19. The van der Waals surface area contributed by atoms with Gasteiger partial charge in [-0.3, -0.25) is 0 Å². The first kappa shape index (κ1) is 21.9. The SMILES string of the molecule is C=CCN([C@@H](C(=C)C(=O)OC)c1ccc(Cl)cc1)S(=O)(=O)c1ccc(C)cc1. The van der Waals surface area contributed by atoms with Gasteiger partial charge in [-0.05, 0) is 36.8 Å². The zero-order chi connectivity index (χ0) is 20.9. The Kier molecular flexibility index (Phi) is 7.18. The molecule has 0 aromatic heterocycles. The van der Waals surface area contributed by atoms with Gasteiger partial charge in [-0.25, -0.2) is 13.2 Å². The molecule has 0 saturated carbocycles. The normalized spacial score (nSPS) is 12.4. The van der Waals surface area contributed by atoms with Crippen molar-refractivity contribution in [2.24, 2.45) is 0 Å². The third kappa shape index (κ3) is 4.70. The van der Waals surface area contributed by atoms with Crippen LogP contribution in [0.3, 0.4) is 0 Å². The molecule has 0 aliphatic carbocycles. The van der Waals surface area contributed by atoms with Crippen molar-refractivity contribution in [3.8, 4) is 0 Å². The molecule has 28 heavy (non-hydrogen) atoms. The molecular weight excluding hydrogens is 398 g/mol. The third-order valence-corrected chi connectivity index (χ3v) is 6.29. The van der Waals surface area contributed by atoms with Crippen LogP contribution in [0, 0.1) is 6.92 Å². The van der Waals surface area contributed by atoms with Crippen molar-refractivity contribution in [3.63, 3.8) is 0 Å². The van der Waals surface area contributed by atoms with E-state index in [2.05, 4.69) is 13.2 Å². The Hall–Kier alpha value is -2.41. The van der Waals surface area contributed by atoms with E-state index < -0.39 is 22.0 Å². The molecule has 0 spiro atoms. The van der Waals surface area contributed by atoms with E-state index in [1.165, 1.54) is 29.6 Å². The zero-order valence-electron chi connectivity index (χ0n) is 15.8. The van der Waals surface area contributed by atoms with Crippen LogP contribution in [-0.4, -0.2) is 32.3 Å². The number of carbonyl (C=O) groups is 1. The molecule has 0 fully saturated rings. The quantitative estimate of drug-likeness (QED) is 0.363. The molecule has 2 aromatic rings. The van der Waals surface area contributed by atoms with Gasteiger partial charge in [0.25, 0.3) is 0 Å². The van der Waals surface area contributed by atoms with Crippen molar-refractivity contribution in [3.05, 3.63) is 89.5 Å². The van der Waals surface area contributed by atoms with Gasteiger partial charge >= 0.3 is 5.97 Å². The van der Waals surface area contributed by atoms with Gasteiger partial charge in [0.1, 0.15) is 0 Å². The largest absolute Gasteiger partial charge is 0.466 e. The molecular formula is C21H22ClNO4S. The topological polar surface area (TPSA) is 63.7 Å². The Morgan fingerprint density at radius 2 is 1.75 bits per heavy atom. The van der Waals surface area contributed by atoms with Gasteiger partial charge in [0, 0.05) is 11.6 Å². The van der Waals surface area contributed by atoms with Gasteiger partial charge < -0.3 is 4.74 Å². The van der Waals surface area contributed by atoms with Crippen LogP contribution in [0.2, 0.25) is 5.02 Å². The average Bonchev–Trinajstić information content (AvgIpc) is 2.68. The summed E-state index contributed by atoms with van der Waals surface area (Å²) in [4.78, 5) is 12.3. The number of aryl methyl sites for hydroxylation is 1. The number of ether oxygens (including phenoxy) is 1. The number of esters is 1. The average molecular weight is 420 g/mol. The van der Waals surface area contributed by atoms with E-state index in [1.54, 1.807) is 36.4 Å². The lowest BCUT2D eigenvalue weighted by atomic mass is 10.00. The summed E-state index contributed by atoms with van der Waals surface area (Å²) in [5, 5.41) is 0.489. The van der Waals surface area contributed by atoms with Crippen LogP contribution < -0.4 is 0 Å². The Balaban J connectivity index is 2.65. The molecule has 5 nitrogen and oxygen atoms in total. The minimum atomic E-state index is -3.96. The van der Waals surface area contributed by atoms with E-state index in [0.29, 0.717) is 10.6 Å². The van der Waals surface area contributed by atoms with Crippen LogP contribution in [0.25, 0.3) is 0 Å². The summed E-state index contributed by atoms with van der Waals surface area (Å²) < 4.78 is 32.7. The summed E-state index contributed by atoms with van der Waals surface area (Å²) in [6, 6.07) is 12.1. The van der Waals surface area contributed by atoms with Crippen molar-refractivity contribution < 1.29 is 17.9 Å². The lowest BCUT2D eigenvalue weighted by Crippen LogP contribution is -2.37. The Morgan fingerprint density at radius 1 is 1.18 bits per heavy atom. The summed E-state index contributed by atoms with van der Waals surface area (Å²) in [6.07, 6.45) is 1.46. The Labute approximate surface area is 170 Å². The first-order chi connectivity index (χ1) is 13.2. The van der Waals surface area contributed by atoms with Gasteiger partial charge in [0.2, 0.25) is 10.0 Å². The predicted octanol–water partition coefficient (Wildman–Crippen LogP) is 4.30. The van der Waals surface area contributed by atoms with Gasteiger partial charge in [-0.2, -0.15) is 4.31 Å². The summed E-state index contributed by atoms with van der Waals surface area (Å²) in [6.45, 7) is 9.30. The molecule has 7 heteroatoms. The number of halogens is 1. The van der Waals surface area contributed by atoms with Crippen LogP contribution in [0.4, 0.5) is 0 Å². The summed E-state index contributed by atoms with van der Waals surface area (Å²) in [5.41, 5.74) is 1.46. The van der Waals surface area contributed by atoms with Crippen molar-refractivity contribution in [2.75, 3.05) is 13.7 Å². The summed E-state index contributed by atoms with van der Waals surface area (Å²) in [7, 11) is -2.74. The predicted molar refractivity (Wildman–Crippen MR) is 111 cm³/mol. The summed E-state index contributed by atoms with van der Waals surface area (Å²) in [5.74, 6) is -0.701. The molecule has 0 radical (unpaired) electrons. The van der Waals surface area contributed by atoms with Crippen LogP contribution in [0.5, 0.6) is 0 Å². The number of hydrogen-bond donors (Lipinski definition) is 0. The van der Waals surface area contributed by atoms with Crippen molar-refractivity contribution >= 4 is 27.6 Å². The second-order valence-corrected chi connectivity index (χ2v) is 8.47. The van der Waals surface area contributed by atoms with E-state index >= 15 is 0 Å². The second kappa shape index (κ2) is 9.19. The molecule has 2 rings (SSSR count). The number of rotatable bonds is 8. The van der Waals surface area contributed by atoms with Gasteiger partial charge in [-0.15, -0.1) is 6.58 Å². The van der Waals surface area contributed by atoms with E-state index in [-0.39, 0.29) is 17.0 Å². The zero-order valence-corrected chi connectivity index (χ0v) is 17.3. The van der Waals surface area contributed by atoms with Crippen LogP contribution in [0.1, 0.15) is 17.2 Å². The van der Waals surface area contributed by atoms with Crippen LogP contribution in [-0.2, 0) is 19.6 Å². The number of carbonyl (C=O) groups excluding carboxylic acids is 1. The molecule has 0 aliphatic rings. The van der Waals surface area contributed by atoms with E-state index in [1.807, 2.05) is 6.92 Å². The number of nitrogens with zero attached hydrogens (tertiary/aromatic N) is 1. The highest BCUT2D eigenvalue weighted by Crippen LogP contribution is 2.34. The van der Waals surface area contributed by atoms with E-state index in [0.717, 1.165) is 5.56 Å². The first-order valence-corrected chi connectivity index (χ1v) is 10.3. The minimum Gasteiger partial charge on any atom is -0.466 e. The molecule has 0 aliphatic heterocycles. The highest BCUT2D eigenvalue weighted by Gasteiger charge is 2.36. The second-order valence-electron chi connectivity index (χ2n) is 6.15. The number of benzene rings is 2. The lowest BCUT2D eigenvalue weighted by Gasteiger charge is -2.31. The first-order valence-electron chi connectivity index (χ1n) is 8.44. The maximum absolute atomic E-state index is 13.4. The number of methoxy groups -OCH3 is 1. The molecule has 148 valence electrons. The maximum Gasteiger partial charge on any atom is 0.335 e. The fourth-order valence-electron chi connectivity index (χ4n) is 2.74. The highest BCUT2D eigenvalue weighted by molar-refractivity contribution is 7.89. The fourth-order valence-corrected chi connectivity index (χ4v) is 4.45. The Bertz CT molecular complexity index is 966. The molecule has 1 atom stereocenters. The van der Waals surface area contributed by atoms with Crippen molar-refractivity contribution in [1.82, 2.24) is 4.31 Å².